The van der Waals surface area contributed by atoms with E-state index in [2.05, 4.69) is 10.0 Å². The van der Waals surface area contributed by atoms with Gasteiger partial charge in [-0.2, -0.15) is 0 Å². The molecule has 9 nitrogen and oxygen atoms in total. The third-order valence-electron chi connectivity index (χ3n) is 4.99. The minimum atomic E-state index is -3.90. The van der Waals surface area contributed by atoms with Crippen LogP contribution in [0.4, 0.5) is 17.1 Å². The maximum Gasteiger partial charge on any atom is 0.261 e. The number of sulfonamides is 2. The average molecular weight is 572 g/mol. The first-order chi connectivity index (χ1) is 16.8. The van der Waals surface area contributed by atoms with E-state index in [1.807, 2.05) is 0 Å². The number of amides is 1. The van der Waals surface area contributed by atoms with Crippen molar-refractivity contribution in [3.63, 3.8) is 0 Å². The SMILES string of the molecule is COc1ccc(N([C@@H](C)C(=O)Nc2ccc(S(=O)(=O)Nc3cccc(Cl)c3)cc2)S(C)(=O)=O)cc1Cl. The van der Waals surface area contributed by atoms with Crippen LogP contribution in [0.2, 0.25) is 10.0 Å². The molecule has 13 heteroatoms. The summed E-state index contributed by atoms with van der Waals surface area (Å²) in [6.45, 7) is 1.42. The van der Waals surface area contributed by atoms with Crippen molar-refractivity contribution < 1.29 is 26.4 Å². The Morgan fingerprint density at radius 3 is 2.17 bits per heavy atom. The number of hydrogen-bond donors (Lipinski definition) is 2. The number of hydrogen-bond acceptors (Lipinski definition) is 6. The van der Waals surface area contributed by atoms with Gasteiger partial charge in [0.15, 0.2) is 0 Å². The number of rotatable bonds is 9. The molecule has 0 bridgehead atoms. The van der Waals surface area contributed by atoms with Gasteiger partial charge in [-0.15, -0.1) is 0 Å². The minimum absolute atomic E-state index is 0.0424. The van der Waals surface area contributed by atoms with E-state index in [-0.39, 0.29) is 21.3 Å². The smallest absolute Gasteiger partial charge is 0.261 e. The molecule has 3 rings (SSSR count). The molecular formula is C23H23Cl2N3O6S2. The fourth-order valence-corrected chi connectivity index (χ4v) is 5.99. The molecule has 192 valence electrons. The van der Waals surface area contributed by atoms with Gasteiger partial charge in [0.1, 0.15) is 11.8 Å². The van der Waals surface area contributed by atoms with E-state index in [1.165, 1.54) is 62.6 Å². The maximum atomic E-state index is 12.9. The summed E-state index contributed by atoms with van der Waals surface area (Å²) in [6, 6.07) is 14.9. The number of halogens is 2. The van der Waals surface area contributed by atoms with E-state index >= 15 is 0 Å². The molecule has 36 heavy (non-hydrogen) atoms. The zero-order valence-corrected chi connectivity index (χ0v) is 22.5. The van der Waals surface area contributed by atoms with Crippen molar-refractivity contribution in [1.82, 2.24) is 0 Å². The van der Waals surface area contributed by atoms with Gasteiger partial charge < -0.3 is 10.1 Å². The normalized spacial score (nSPS) is 12.5. The van der Waals surface area contributed by atoms with Crippen molar-refractivity contribution in [1.29, 1.82) is 0 Å². The van der Waals surface area contributed by atoms with Crippen molar-refractivity contribution in [2.45, 2.75) is 17.9 Å². The molecule has 0 radical (unpaired) electrons. The second-order valence-electron chi connectivity index (χ2n) is 7.68. The molecule has 0 saturated heterocycles. The average Bonchev–Trinajstić information content (AvgIpc) is 2.78. The molecule has 1 amide bonds. The standard InChI is InChI=1S/C23H23Cl2N3O6S2/c1-15(28(35(3,30)31)19-9-12-22(34-2)21(25)14-19)23(29)26-17-7-10-20(11-8-17)36(32,33)27-18-6-4-5-16(24)13-18/h4-15,27H,1-3H3,(H,26,29)/t15-/m0/s1. The molecule has 0 aromatic heterocycles. The van der Waals surface area contributed by atoms with Crippen LogP contribution in [0.5, 0.6) is 5.75 Å². The summed E-state index contributed by atoms with van der Waals surface area (Å²) in [5, 5.41) is 3.16. The number of methoxy groups -OCH3 is 1. The van der Waals surface area contributed by atoms with Crippen LogP contribution in [-0.4, -0.2) is 42.2 Å². The van der Waals surface area contributed by atoms with Crippen LogP contribution in [0, 0.1) is 0 Å². The third kappa shape index (κ3) is 6.61. The fraction of sp³-hybridized carbons (Fsp3) is 0.174. The van der Waals surface area contributed by atoms with Gasteiger partial charge in [-0.3, -0.25) is 13.8 Å². The summed E-state index contributed by atoms with van der Waals surface area (Å²) in [4.78, 5) is 12.9. The summed E-state index contributed by atoms with van der Waals surface area (Å²) in [7, 11) is -6.35. The number of nitrogens with zero attached hydrogens (tertiary/aromatic N) is 1. The van der Waals surface area contributed by atoms with Gasteiger partial charge in [0.2, 0.25) is 15.9 Å². The van der Waals surface area contributed by atoms with Gasteiger partial charge >= 0.3 is 0 Å². The molecule has 0 fully saturated rings. The van der Waals surface area contributed by atoms with Crippen LogP contribution in [0.3, 0.4) is 0 Å². The van der Waals surface area contributed by atoms with E-state index in [0.29, 0.717) is 16.5 Å². The van der Waals surface area contributed by atoms with Gasteiger partial charge in [0.05, 0.1) is 34.7 Å². The highest BCUT2D eigenvalue weighted by molar-refractivity contribution is 7.92. The zero-order valence-electron chi connectivity index (χ0n) is 19.4. The first-order valence-electron chi connectivity index (χ1n) is 10.3. The monoisotopic (exact) mass is 571 g/mol. The molecule has 2 N–H and O–H groups in total. The topological polar surface area (TPSA) is 122 Å². The van der Waals surface area contributed by atoms with Crippen molar-refractivity contribution in [2.75, 3.05) is 27.7 Å². The van der Waals surface area contributed by atoms with E-state index in [0.717, 1.165) is 10.6 Å². The Balaban J connectivity index is 1.78. The Kier molecular flexibility index (Phi) is 8.40. The maximum absolute atomic E-state index is 12.9. The molecule has 0 spiro atoms. The molecule has 3 aromatic carbocycles. The summed E-state index contributed by atoms with van der Waals surface area (Å²) >= 11 is 12.0. The van der Waals surface area contributed by atoms with Gasteiger partial charge in [-0.25, -0.2) is 16.8 Å². The Labute approximate surface area is 220 Å². The number of carbonyl (C=O) groups is 1. The molecule has 3 aromatic rings. The highest BCUT2D eigenvalue weighted by atomic mass is 35.5. The number of ether oxygens (including phenoxy) is 1. The van der Waals surface area contributed by atoms with Gasteiger partial charge in [-0.05, 0) is 67.6 Å². The summed E-state index contributed by atoms with van der Waals surface area (Å²) in [5.41, 5.74) is 0.752. The van der Waals surface area contributed by atoms with Crippen LogP contribution < -0.4 is 19.1 Å². The van der Waals surface area contributed by atoms with Crippen molar-refractivity contribution >= 4 is 66.2 Å². The molecule has 0 unspecified atom stereocenters. The third-order valence-corrected chi connectivity index (χ3v) is 8.16. The lowest BCUT2D eigenvalue weighted by Crippen LogP contribution is -2.45. The predicted octanol–water partition coefficient (Wildman–Crippen LogP) is 4.60. The number of nitrogens with one attached hydrogen (secondary N) is 2. The van der Waals surface area contributed by atoms with E-state index in [1.54, 1.807) is 18.2 Å². The van der Waals surface area contributed by atoms with E-state index in [4.69, 9.17) is 27.9 Å². The first kappa shape index (κ1) is 27.6. The quantitative estimate of drug-likeness (QED) is 0.387. The molecule has 0 aliphatic carbocycles. The number of carbonyl (C=O) groups excluding carboxylic acids is 1. The Bertz CT molecular complexity index is 1480. The van der Waals surface area contributed by atoms with Crippen LogP contribution in [0.1, 0.15) is 6.92 Å². The fourth-order valence-electron chi connectivity index (χ4n) is 3.33. The van der Waals surface area contributed by atoms with Crippen LogP contribution in [0.15, 0.2) is 71.6 Å². The molecule has 1 atom stereocenters. The van der Waals surface area contributed by atoms with Crippen LogP contribution in [0.25, 0.3) is 0 Å². The minimum Gasteiger partial charge on any atom is -0.495 e. The van der Waals surface area contributed by atoms with Crippen molar-refractivity contribution in [3.8, 4) is 5.75 Å². The highest BCUT2D eigenvalue weighted by Gasteiger charge is 2.30. The molecule has 0 aliphatic rings. The molecule has 0 saturated carbocycles. The van der Waals surface area contributed by atoms with E-state index in [9.17, 15) is 21.6 Å². The summed E-state index contributed by atoms with van der Waals surface area (Å²) < 4.78 is 58.8. The Hall–Kier alpha value is -2.99. The predicted molar refractivity (Wildman–Crippen MR) is 142 cm³/mol. The van der Waals surface area contributed by atoms with Crippen molar-refractivity contribution in [3.05, 3.63) is 76.8 Å². The van der Waals surface area contributed by atoms with Gasteiger partial charge in [-0.1, -0.05) is 29.3 Å². The number of benzene rings is 3. The van der Waals surface area contributed by atoms with Crippen LogP contribution >= 0.6 is 23.2 Å². The second kappa shape index (κ2) is 11.0. The van der Waals surface area contributed by atoms with Gasteiger partial charge in [0, 0.05) is 10.7 Å². The van der Waals surface area contributed by atoms with Crippen LogP contribution in [-0.2, 0) is 24.8 Å². The lowest BCUT2D eigenvalue weighted by molar-refractivity contribution is -0.116. The molecular weight excluding hydrogens is 549 g/mol. The van der Waals surface area contributed by atoms with E-state index < -0.39 is 32.0 Å². The molecule has 0 aliphatic heterocycles. The second-order valence-corrected chi connectivity index (χ2v) is 12.1. The zero-order chi connectivity index (χ0) is 26.7. The Morgan fingerprint density at radius 1 is 0.944 bits per heavy atom. The summed E-state index contributed by atoms with van der Waals surface area (Å²) in [6.07, 6.45) is 0.974. The molecule has 0 heterocycles. The number of anilines is 3. The highest BCUT2D eigenvalue weighted by Crippen LogP contribution is 2.31. The summed E-state index contributed by atoms with van der Waals surface area (Å²) in [5.74, 6) is -0.286. The largest absolute Gasteiger partial charge is 0.495 e. The van der Waals surface area contributed by atoms with Gasteiger partial charge in [0.25, 0.3) is 10.0 Å². The lowest BCUT2D eigenvalue weighted by Gasteiger charge is -2.28. The first-order valence-corrected chi connectivity index (χ1v) is 14.4. The Morgan fingerprint density at radius 2 is 1.61 bits per heavy atom. The lowest BCUT2D eigenvalue weighted by atomic mass is 10.2. The van der Waals surface area contributed by atoms with Crippen molar-refractivity contribution in [2.24, 2.45) is 0 Å².